The molecule has 1 aromatic rings. The molecular weight excluding hydrogens is 190 g/mol. The molecule has 0 saturated heterocycles. The van der Waals surface area contributed by atoms with Crippen molar-refractivity contribution in [3.8, 4) is 0 Å². The normalized spacial score (nSPS) is 18.0. The van der Waals surface area contributed by atoms with Gasteiger partial charge in [-0.15, -0.1) is 0 Å². The van der Waals surface area contributed by atoms with Crippen LogP contribution < -0.4 is 5.32 Å². The zero-order valence-corrected chi connectivity index (χ0v) is 9.49. The highest BCUT2D eigenvalue weighted by Gasteiger charge is 2.24. The van der Waals surface area contributed by atoms with Crippen molar-refractivity contribution < 1.29 is 4.52 Å². The lowest BCUT2D eigenvalue weighted by atomic mass is 10.2. The maximum absolute atomic E-state index is 5.21. The maximum Gasteiger partial charge on any atom is 0.228 e. The van der Waals surface area contributed by atoms with E-state index >= 15 is 0 Å². The van der Waals surface area contributed by atoms with Crippen LogP contribution >= 0.6 is 0 Å². The molecule has 4 nitrogen and oxygen atoms in total. The van der Waals surface area contributed by atoms with Gasteiger partial charge in [-0.1, -0.05) is 12.1 Å². The molecule has 4 heteroatoms. The second-order valence-electron chi connectivity index (χ2n) is 4.41. The van der Waals surface area contributed by atoms with Crippen LogP contribution in [0, 0.1) is 5.92 Å². The minimum Gasteiger partial charge on any atom is -0.339 e. The first-order valence-electron chi connectivity index (χ1n) is 5.82. The zero-order chi connectivity index (χ0) is 10.7. The van der Waals surface area contributed by atoms with Gasteiger partial charge in [-0.25, -0.2) is 0 Å². The number of likely N-dealkylation sites (N-methyl/N-ethyl adjacent to an activating group) is 1. The third kappa shape index (κ3) is 3.30. The van der Waals surface area contributed by atoms with Gasteiger partial charge in [0.25, 0.3) is 0 Å². The summed E-state index contributed by atoms with van der Waals surface area (Å²) >= 11 is 0. The summed E-state index contributed by atoms with van der Waals surface area (Å²) in [6.07, 6.45) is 4.49. The van der Waals surface area contributed by atoms with Crippen molar-refractivity contribution in [2.45, 2.75) is 45.6 Å². The largest absolute Gasteiger partial charge is 0.339 e. The van der Waals surface area contributed by atoms with Crippen LogP contribution in [-0.2, 0) is 12.8 Å². The van der Waals surface area contributed by atoms with Crippen LogP contribution in [-0.4, -0.2) is 22.7 Å². The third-order valence-electron chi connectivity index (χ3n) is 2.71. The molecule has 1 fully saturated rings. The predicted octanol–water partition coefficient (Wildman–Crippen LogP) is 1.56. The second-order valence-corrected chi connectivity index (χ2v) is 4.41. The number of nitrogens with zero attached hydrogens (tertiary/aromatic N) is 2. The minimum absolute atomic E-state index is 0.407. The van der Waals surface area contributed by atoms with Crippen LogP contribution in [0.1, 0.15) is 38.4 Å². The Morgan fingerprint density at radius 2 is 2.33 bits per heavy atom. The number of aromatic nitrogens is 2. The van der Waals surface area contributed by atoms with E-state index in [1.54, 1.807) is 0 Å². The van der Waals surface area contributed by atoms with E-state index in [9.17, 15) is 0 Å². The molecule has 1 aliphatic rings. The molecular formula is C11H19N3O. The van der Waals surface area contributed by atoms with E-state index in [2.05, 4.69) is 29.3 Å². The summed E-state index contributed by atoms with van der Waals surface area (Å²) < 4.78 is 5.21. The lowest BCUT2D eigenvalue weighted by molar-refractivity contribution is 0.358. The van der Waals surface area contributed by atoms with Crippen LogP contribution in [0.3, 0.4) is 0 Å². The number of hydrogen-bond donors (Lipinski definition) is 1. The Balaban J connectivity index is 1.82. The molecule has 1 atom stereocenters. The zero-order valence-electron chi connectivity index (χ0n) is 9.49. The van der Waals surface area contributed by atoms with Crippen LogP contribution in [0.2, 0.25) is 0 Å². The smallest absolute Gasteiger partial charge is 0.228 e. The van der Waals surface area contributed by atoms with Crippen molar-refractivity contribution in [2.75, 3.05) is 6.54 Å². The van der Waals surface area contributed by atoms with Gasteiger partial charge < -0.3 is 9.84 Å². The molecule has 0 aromatic carbocycles. The molecule has 0 spiro atoms. The van der Waals surface area contributed by atoms with Crippen molar-refractivity contribution in [1.29, 1.82) is 0 Å². The molecule has 84 valence electrons. The van der Waals surface area contributed by atoms with Crippen LogP contribution in [0.5, 0.6) is 0 Å². The van der Waals surface area contributed by atoms with Crippen molar-refractivity contribution >= 4 is 0 Å². The van der Waals surface area contributed by atoms with Crippen molar-refractivity contribution in [3.63, 3.8) is 0 Å². The predicted molar refractivity (Wildman–Crippen MR) is 57.6 cm³/mol. The molecule has 1 unspecified atom stereocenters. The quantitative estimate of drug-likeness (QED) is 0.772. The summed E-state index contributed by atoms with van der Waals surface area (Å²) in [4.78, 5) is 4.39. The van der Waals surface area contributed by atoms with E-state index in [4.69, 9.17) is 4.52 Å². The maximum atomic E-state index is 5.21. The SMILES string of the molecule is CCNC(C)Cc1nc(CC2CC2)no1. The highest BCUT2D eigenvalue weighted by Crippen LogP contribution is 2.31. The van der Waals surface area contributed by atoms with Gasteiger partial charge in [0, 0.05) is 18.9 Å². The summed E-state index contributed by atoms with van der Waals surface area (Å²) in [6, 6.07) is 0.407. The van der Waals surface area contributed by atoms with Crippen molar-refractivity contribution in [1.82, 2.24) is 15.5 Å². The summed E-state index contributed by atoms with van der Waals surface area (Å²) in [7, 11) is 0. The van der Waals surface area contributed by atoms with Gasteiger partial charge in [0.2, 0.25) is 5.89 Å². The van der Waals surface area contributed by atoms with Crippen molar-refractivity contribution in [2.24, 2.45) is 5.92 Å². The molecule has 0 aliphatic heterocycles. The van der Waals surface area contributed by atoms with E-state index in [0.717, 1.165) is 37.0 Å². The molecule has 0 amide bonds. The number of rotatable bonds is 6. The van der Waals surface area contributed by atoms with Gasteiger partial charge in [-0.2, -0.15) is 4.98 Å². The summed E-state index contributed by atoms with van der Waals surface area (Å²) in [5, 5.41) is 7.32. The van der Waals surface area contributed by atoms with E-state index < -0.39 is 0 Å². The molecule has 1 saturated carbocycles. The Labute approximate surface area is 90.4 Å². The topological polar surface area (TPSA) is 51.0 Å². The van der Waals surface area contributed by atoms with Gasteiger partial charge in [-0.05, 0) is 32.2 Å². The molecule has 1 aliphatic carbocycles. The fourth-order valence-electron chi connectivity index (χ4n) is 1.72. The Hall–Kier alpha value is -0.900. The summed E-state index contributed by atoms with van der Waals surface area (Å²) in [5.74, 6) is 2.47. The molecule has 15 heavy (non-hydrogen) atoms. The Kier molecular flexibility index (Phi) is 3.36. The van der Waals surface area contributed by atoms with Gasteiger partial charge in [0.1, 0.15) is 0 Å². The van der Waals surface area contributed by atoms with Crippen LogP contribution in [0.4, 0.5) is 0 Å². The first kappa shape index (κ1) is 10.6. The third-order valence-corrected chi connectivity index (χ3v) is 2.71. The van der Waals surface area contributed by atoms with Crippen LogP contribution in [0.15, 0.2) is 4.52 Å². The molecule has 0 bridgehead atoms. The molecule has 1 N–H and O–H groups in total. The fourth-order valence-corrected chi connectivity index (χ4v) is 1.72. The molecule has 0 radical (unpaired) electrons. The average molecular weight is 209 g/mol. The first-order chi connectivity index (χ1) is 7.28. The standard InChI is InChI=1S/C11H19N3O/c1-3-12-8(2)6-11-13-10(14-15-11)7-9-4-5-9/h8-9,12H,3-7H2,1-2H3. The lowest BCUT2D eigenvalue weighted by Gasteiger charge is -2.07. The summed E-state index contributed by atoms with van der Waals surface area (Å²) in [6.45, 7) is 5.21. The Bertz CT molecular complexity index is 307. The number of hydrogen-bond acceptors (Lipinski definition) is 4. The lowest BCUT2D eigenvalue weighted by Crippen LogP contribution is -2.27. The minimum atomic E-state index is 0.407. The molecule has 1 aromatic heterocycles. The molecule has 1 heterocycles. The number of nitrogens with one attached hydrogen (secondary N) is 1. The van der Waals surface area contributed by atoms with Gasteiger partial charge in [-0.3, -0.25) is 0 Å². The molecule has 2 rings (SSSR count). The fraction of sp³-hybridized carbons (Fsp3) is 0.818. The highest BCUT2D eigenvalue weighted by molar-refractivity contribution is 4.93. The Morgan fingerprint density at radius 1 is 1.53 bits per heavy atom. The van der Waals surface area contributed by atoms with E-state index in [0.29, 0.717) is 6.04 Å². The second kappa shape index (κ2) is 4.75. The van der Waals surface area contributed by atoms with Gasteiger partial charge >= 0.3 is 0 Å². The Morgan fingerprint density at radius 3 is 3.00 bits per heavy atom. The monoisotopic (exact) mass is 209 g/mol. The summed E-state index contributed by atoms with van der Waals surface area (Å²) in [5.41, 5.74) is 0. The average Bonchev–Trinajstić information content (AvgIpc) is 2.88. The van der Waals surface area contributed by atoms with E-state index in [1.807, 2.05) is 0 Å². The van der Waals surface area contributed by atoms with Gasteiger partial charge in [0.15, 0.2) is 5.82 Å². The highest BCUT2D eigenvalue weighted by atomic mass is 16.5. The van der Waals surface area contributed by atoms with Crippen LogP contribution in [0.25, 0.3) is 0 Å². The van der Waals surface area contributed by atoms with E-state index in [-0.39, 0.29) is 0 Å². The van der Waals surface area contributed by atoms with Crippen molar-refractivity contribution in [3.05, 3.63) is 11.7 Å². The first-order valence-corrected chi connectivity index (χ1v) is 5.82. The van der Waals surface area contributed by atoms with Gasteiger partial charge in [0.05, 0.1) is 0 Å². The van der Waals surface area contributed by atoms with E-state index in [1.165, 1.54) is 12.8 Å².